The third-order valence-electron chi connectivity index (χ3n) is 3.77. The van der Waals surface area contributed by atoms with Crippen LogP contribution in [-0.4, -0.2) is 0 Å². The second-order valence-corrected chi connectivity index (χ2v) is 5.33. The molecule has 1 heterocycles. The van der Waals surface area contributed by atoms with Gasteiger partial charge in [-0.1, -0.05) is 42.0 Å². The van der Waals surface area contributed by atoms with Crippen molar-refractivity contribution in [3.8, 4) is 0 Å². The maximum atomic E-state index is 2.17. The summed E-state index contributed by atoms with van der Waals surface area (Å²) in [4.78, 5) is 0. The molecule has 0 radical (unpaired) electrons. The molecule has 2 nitrogen and oxygen atoms in total. The number of allylic oxidation sites excluding steroid dienone is 10. The molecule has 2 aromatic rings. The molecule has 0 amide bonds. The third kappa shape index (κ3) is 5.86. The normalized spacial score (nSPS) is 14.0. The maximum Gasteiger partial charge on any atom is 2.00 e. The van der Waals surface area contributed by atoms with Crippen LogP contribution in [0.2, 0.25) is 0 Å². The van der Waals surface area contributed by atoms with Gasteiger partial charge < -0.3 is 21.5 Å². The van der Waals surface area contributed by atoms with E-state index in [-0.39, 0.29) is 34.1 Å². The van der Waals surface area contributed by atoms with Gasteiger partial charge in [-0.3, -0.25) is 4.57 Å². The van der Waals surface area contributed by atoms with Crippen LogP contribution in [0.1, 0.15) is 6.92 Å². The van der Waals surface area contributed by atoms with E-state index in [1.807, 2.05) is 30.3 Å². The first-order valence-corrected chi connectivity index (χ1v) is 7.93. The molecule has 0 saturated heterocycles. The van der Waals surface area contributed by atoms with E-state index in [2.05, 4.69) is 83.4 Å². The molecule has 0 N–H and O–H groups in total. The number of aryl methyl sites for hydroxylation is 1. The Morgan fingerprint density at radius 2 is 1.56 bits per heavy atom. The molecule has 0 saturated carbocycles. The minimum Gasteiger partial charge on any atom is -1.00 e. The van der Waals surface area contributed by atoms with Crippen molar-refractivity contribution in [2.45, 2.75) is 13.5 Å². The quantitative estimate of drug-likeness (QED) is 0.364. The molecular formula is C21H21BrFeN2. The van der Waals surface area contributed by atoms with Crippen molar-refractivity contribution < 1.29 is 43.2 Å². The van der Waals surface area contributed by atoms with Crippen LogP contribution in [-0.2, 0) is 23.6 Å². The van der Waals surface area contributed by atoms with Gasteiger partial charge in [-0.25, -0.2) is 12.1 Å². The molecule has 2 aliphatic carbocycles. The first-order chi connectivity index (χ1) is 11.4. The van der Waals surface area contributed by atoms with Gasteiger partial charge in [0.05, 0.1) is 12.4 Å². The summed E-state index contributed by atoms with van der Waals surface area (Å²) in [5, 5.41) is 0. The number of halogens is 1. The third-order valence-corrected chi connectivity index (χ3v) is 3.77. The minimum absolute atomic E-state index is 0. The van der Waals surface area contributed by atoms with E-state index in [9.17, 15) is 0 Å². The summed E-state index contributed by atoms with van der Waals surface area (Å²) < 4.78 is 4.30. The average Bonchev–Trinajstić information content (AvgIpc) is 3.39. The summed E-state index contributed by atoms with van der Waals surface area (Å²) in [7, 11) is 0. The molecule has 0 bridgehead atoms. The van der Waals surface area contributed by atoms with Gasteiger partial charge >= 0.3 is 17.1 Å². The first kappa shape index (κ1) is 21.2. The fourth-order valence-electron chi connectivity index (χ4n) is 2.45. The molecule has 1 aromatic carbocycles. The summed E-state index contributed by atoms with van der Waals surface area (Å²) in [6, 6.07) is 11.2. The van der Waals surface area contributed by atoms with Gasteiger partial charge in [0.25, 0.3) is 6.33 Å². The molecule has 0 fully saturated rings. The molecule has 0 spiro atoms. The summed E-state index contributed by atoms with van der Waals surface area (Å²) in [5.41, 5.74) is 2.54. The van der Waals surface area contributed by atoms with Gasteiger partial charge in [-0.15, -0.1) is 12.2 Å². The molecule has 4 heteroatoms. The first-order valence-electron chi connectivity index (χ1n) is 7.93. The van der Waals surface area contributed by atoms with Crippen molar-refractivity contribution in [3.63, 3.8) is 0 Å². The van der Waals surface area contributed by atoms with Gasteiger partial charge in [-0.2, -0.15) is 18.2 Å². The van der Waals surface area contributed by atoms with E-state index >= 15 is 0 Å². The van der Waals surface area contributed by atoms with Crippen LogP contribution in [0.25, 0.3) is 0 Å². The van der Waals surface area contributed by atoms with E-state index < -0.39 is 0 Å². The number of rotatable bonds is 2. The summed E-state index contributed by atoms with van der Waals surface area (Å²) in [5.74, 6) is 0. The Labute approximate surface area is 171 Å². The monoisotopic (exact) mass is 436 g/mol. The zero-order valence-electron chi connectivity index (χ0n) is 14.1. The minimum atomic E-state index is 0. The zero-order valence-corrected chi connectivity index (χ0v) is 16.8. The van der Waals surface area contributed by atoms with E-state index in [1.165, 1.54) is 17.2 Å². The second kappa shape index (κ2) is 10.9. The molecule has 1 aromatic heterocycles. The predicted octanol–water partition coefficient (Wildman–Crippen LogP) is 0.336. The summed E-state index contributed by atoms with van der Waals surface area (Å²) >= 11 is 0. The maximum absolute atomic E-state index is 2.17. The Morgan fingerprint density at radius 1 is 0.960 bits per heavy atom. The van der Waals surface area contributed by atoms with Gasteiger partial charge in [0, 0.05) is 0 Å². The number of aromatic nitrogens is 2. The number of hydrogen-bond donors (Lipinski definition) is 0. The van der Waals surface area contributed by atoms with Crippen LogP contribution in [0.4, 0.5) is 0 Å². The molecule has 0 aliphatic heterocycles. The number of nitrogens with zero attached hydrogens (tertiary/aromatic N) is 2. The average molecular weight is 437 g/mol. The topological polar surface area (TPSA) is 7.76 Å². The van der Waals surface area contributed by atoms with Crippen LogP contribution >= 0.6 is 0 Å². The van der Waals surface area contributed by atoms with Gasteiger partial charge in [0.1, 0.15) is 12.6 Å². The Kier molecular flexibility index (Phi) is 9.22. The fraction of sp³-hybridized carbons (Fsp3) is 0.0952. The summed E-state index contributed by atoms with van der Waals surface area (Å²) in [6.07, 6.45) is 23.3. The standard InChI is InChI=1S/C16H16N2.C5H5.BrH.Fe/c1-2-17-11-12-18(13-17)16-9-7-15(8-10-16)14-5-3-4-6-14;1-2-4-5-3-1;;/h3-13H,2H2,1H3;1-5H;1H;/q;-1;;+2/p-1. The van der Waals surface area contributed by atoms with Crippen LogP contribution in [0.5, 0.6) is 0 Å². The predicted molar refractivity (Wildman–Crippen MR) is 92.4 cm³/mol. The van der Waals surface area contributed by atoms with E-state index in [0.717, 1.165) is 6.54 Å². The Balaban J connectivity index is 0.000000388. The molecule has 4 rings (SSSR count). The van der Waals surface area contributed by atoms with Gasteiger partial charge in [-0.05, 0) is 12.5 Å². The van der Waals surface area contributed by atoms with Crippen molar-refractivity contribution in [2.75, 3.05) is 0 Å². The van der Waals surface area contributed by atoms with Crippen LogP contribution in [0.3, 0.4) is 0 Å². The van der Waals surface area contributed by atoms with Gasteiger partial charge in [0.15, 0.2) is 0 Å². The smallest absolute Gasteiger partial charge is 1.00 e. The second-order valence-electron chi connectivity index (χ2n) is 5.33. The van der Waals surface area contributed by atoms with E-state index in [4.69, 9.17) is 0 Å². The number of hydrogen-bond acceptors (Lipinski definition) is 0. The zero-order chi connectivity index (χ0) is 15.9. The Hall–Kier alpha value is -1.87. The summed E-state index contributed by atoms with van der Waals surface area (Å²) in [6.45, 7) is 3.14. The van der Waals surface area contributed by atoms with Crippen molar-refractivity contribution in [2.24, 2.45) is 0 Å². The van der Waals surface area contributed by atoms with Crippen LogP contribution in [0.15, 0.2) is 109 Å². The molecule has 2 aliphatic rings. The largest absolute Gasteiger partial charge is 2.00 e. The van der Waals surface area contributed by atoms with Crippen LogP contribution in [0, 0.1) is 6.04 Å². The number of imidazole rings is 1. The molecule has 0 unspecified atom stereocenters. The van der Waals surface area contributed by atoms with E-state index in [1.54, 1.807) is 0 Å². The Morgan fingerprint density at radius 3 is 2.04 bits per heavy atom. The Bertz CT molecular complexity index is 729. The van der Waals surface area contributed by atoms with Crippen molar-refractivity contribution >= 4 is 0 Å². The van der Waals surface area contributed by atoms with Crippen molar-refractivity contribution in [3.05, 3.63) is 115 Å². The fourth-order valence-corrected chi connectivity index (χ4v) is 2.45. The van der Waals surface area contributed by atoms with Crippen LogP contribution < -0.4 is 26.1 Å². The SMILES string of the molecule is CC[n+]1c[n+]([C-]2C=CC(=C3C=CC=C3)C=C2)c[cH-]1.[Br-].[Fe+2].c1cc[cH-]c1. The van der Waals surface area contributed by atoms with Crippen molar-refractivity contribution in [1.82, 2.24) is 0 Å². The van der Waals surface area contributed by atoms with E-state index in [0.29, 0.717) is 0 Å². The van der Waals surface area contributed by atoms with Crippen molar-refractivity contribution in [1.29, 1.82) is 0 Å². The molecular weight excluding hydrogens is 416 g/mol. The molecule has 130 valence electrons. The molecule has 25 heavy (non-hydrogen) atoms. The molecule has 0 atom stereocenters. The van der Waals surface area contributed by atoms with Gasteiger partial charge in [0.2, 0.25) is 0 Å².